The Bertz CT molecular complexity index is 1460. The summed E-state index contributed by atoms with van der Waals surface area (Å²) in [5, 5.41) is 5.39. The SMILES string of the molecule is Cc1cccc(NC(=O)CCCc2c(-c3ccc4ccccc4n3)[nH]c3ccccc23)c1C. The summed E-state index contributed by atoms with van der Waals surface area (Å²) < 4.78 is 0. The van der Waals surface area contributed by atoms with Gasteiger partial charge >= 0.3 is 0 Å². The van der Waals surface area contributed by atoms with Gasteiger partial charge in [0.2, 0.25) is 5.91 Å². The molecule has 0 bridgehead atoms. The number of carbonyl (C=O) groups is 1. The number of aryl methyl sites for hydroxylation is 2. The van der Waals surface area contributed by atoms with E-state index in [9.17, 15) is 4.79 Å². The number of aromatic amines is 1. The molecule has 0 unspecified atom stereocenters. The molecule has 2 heterocycles. The molecule has 164 valence electrons. The van der Waals surface area contributed by atoms with Crippen LogP contribution in [-0.2, 0) is 11.2 Å². The van der Waals surface area contributed by atoms with E-state index in [4.69, 9.17) is 4.98 Å². The fourth-order valence-corrected chi connectivity index (χ4v) is 4.41. The number of hydrogen-bond acceptors (Lipinski definition) is 2. The van der Waals surface area contributed by atoms with Crippen LogP contribution in [0.2, 0.25) is 0 Å². The predicted molar refractivity (Wildman–Crippen MR) is 137 cm³/mol. The Labute approximate surface area is 193 Å². The second kappa shape index (κ2) is 8.91. The van der Waals surface area contributed by atoms with Crippen molar-refractivity contribution in [3.63, 3.8) is 0 Å². The molecule has 0 saturated heterocycles. The van der Waals surface area contributed by atoms with Crippen molar-refractivity contribution < 1.29 is 4.79 Å². The molecule has 1 amide bonds. The highest BCUT2D eigenvalue weighted by Gasteiger charge is 2.15. The molecule has 3 aromatic carbocycles. The summed E-state index contributed by atoms with van der Waals surface area (Å²) in [5.74, 6) is 0.0499. The van der Waals surface area contributed by atoms with E-state index in [1.165, 1.54) is 16.5 Å². The molecule has 0 spiro atoms. The highest BCUT2D eigenvalue weighted by Crippen LogP contribution is 2.31. The minimum atomic E-state index is 0.0499. The number of hydrogen-bond donors (Lipinski definition) is 2. The fourth-order valence-electron chi connectivity index (χ4n) is 4.41. The molecule has 0 aliphatic rings. The zero-order valence-corrected chi connectivity index (χ0v) is 19.0. The first-order valence-corrected chi connectivity index (χ1v) is 11.4. The Morgan fingerprint density at radius 2 is 1.73 bits per heavy atom. The topological polar surface area (TPSA) is 57.8 Å². The summed E-state index contributed by atoms with van der Waals surface area (Å²) in [6, 6.07) is 26.7. The predicted octanol–water partition coefficient (Wildman–Crippen LogP) is 6.96. The molecule has 0 fully saturated rings. The molecule has 4 nitrogen and oxygen atoms in total. The van der Waals surface area contributed by atoms with Gasteiger partial charge in [-0.2, -0.15) is 0 Å². The van der Waals surface area contributed by atoms with Gasteiger partial charge in [-0.05, 0) is 67.6 Å². The maximum atomic E-state index is 12.6. The van der Waals surface area contributed by atoms with Crippen LogP contribution in [0, 0.1) is 13.8 Å². The zero-order valence-electron chi connectivity index (χ0n) is 19.0. The highest BCUT2D eigenvalue weighted by atomic mass is 16.1. The molecule has 0 saturated carbocycles. The van der Waals surface area contributed by atoms with Crippen LogP contribution in [-0.4, -0.2) is 15.9 Å². The number of para-hydroxylation sites is 2. The zero-order chi connectivity index (χ0) is 22.8. The summed E-state index contributed by atoms with van der Waals surface area (Å²) in [5.41, 5.74) is 8.45. The fraction of sp³-hybridized carbons (Fsp3) is 0.172. The third kappa shape index (κ3) is 4.24. The second-order valence-corrected chi connectivity index (χ2v) is 8.56. The van der Waals surface area contributed by atoms with Gasteiger partial charge in [-0.1, -0.05) is 54.6 Å². The van der Waals surface area contributed by atoms with E-state index < -0.39 is 0 Å². The van der Waals surface area contributed by atoms with Crippen LogP contribution in [0.25, 0.3) is 33.2 Å². The number of fused-ring (bicyclic) bond motifs is 2. The average Bonchev–Trinajstić information content (AvgIpc) is 3.20. The summed E-state index contributed by atoms with van der Waals surface area (Å²) in [7, 11) is 0. The van der Waals surface area contributed by atoms with Gasteiger partial charge in [-0.25, -0.2) is 4.98 Å². The molecule has 0 aliphatic heterocycles. The third-order valence-electron chi connectivity index (χ3n) is 6.38. The summed E-state index contributed by atoms with van der Waals surface area (Å²) >= 11 is 0. The molecule has 0 aliphatic carbocycles. The highest BCUT2D eigenvalue weighted by molar-refractivity contribution is 5.93. The molecule has 5 rings (SSSR count). The van der Waals surface area contributed by atoms with Crippen LogP contribution < -0.4 is 5.32 Å². The molecular weight excluding hydrogens is 406 g/mol. The smallest absolute Gasteiger partial charge is 0.224 e. The molecule has 2 N–H and O–H groups in total. The van der Waals surface area contributed by atoms with Crippen molar-refractivity contribution in [2.24, 2.45) is 0 Å². The number of aromatic nitrogens is 2. The van der Waals surface area contributed by atoms with Gasteiger partial charge in [0.25, 0.3) is 0 Å². The third-order valence-corrected chi connectivity index (χ3v) is 6.38. The van der Waals surface area contributed by atoms with Crippen molar-refractivity contribution in [3.05, 3.63) is 95.6 Å². The number of nitrogens with zero attached hydrogens (tertiary/aromatic N) is 1. The first kappa shape index (κ1) is 21.0. The molecular formula is C29H27N3O. The van der Waals surface area contributed by atoms with Gasteiger partial charge in [-0.3, -0.25) is 4.79 Å². The number of carbonyl (C=O) groups excluding carboxylic acids is 1. The van der Waals surface area contributed by atoms with E-state index in [2.05, 4.69) is 59.7 Å². The van der Waals surface area contributed by atoms with E-state index in [1.54, 1.807) is 0 Å². The van der Waals surface area contributed by atoms with Crippen molar-refractivity contribution in [1.29, 1.82) is 0 Å². The number of rotatable bonds is 6. The molecule has 4 heteroatoms. The Balaban J connectivity index is 1.38. The van der Waals surface area contributed by atoms with Gasteiger partial charge in [0.1, 0.15) is 0 Å². The monoisotopic (exact) mass is 433 g/mol. The van der Waals surface area contributed by atoms with Crippen molar-refractivity contribution in [1.82, 2.24) is 9.97 Å². The number of benzene rings is 3. The lowest BCUT2D eigenvalue weighted by molar-refractivity contribution is -0.116. The van der Waals surface area contributed by atoms with Crippen molar-refractivity contribution in [2.75, 3.05) is 5.32 Å². The van der Waals surface area contributed by atoms with Gasteiger partial charge in [0.15, 0.2) is 0 Å². The number of amides is 1. The largest absolute Gasteiger partial charge is 0.353 e. The summed E-state index contributed by atoms with van der Waals surface area (Å²) in [4.78, 5) is 21.1. The molecule has 0 radical (unpaired) electrons. The Morgan fingerprint density at radius 1 is 0.909 bits per heavy atom. The second-order valence-electron chi connectivity index (χ2n) is 8.56. The van der Waals surface area contributed by atoms with E-state index >= 15 is 0 Å². The number of anilines is 1. The Hall–Kier alpha value is -3.92. The van der Waals surface area contributed by atoms with Crippen LogP contribution in [0.1, 0.15) is 29.5 Å². The Kier molecular flexibility index (Phi) is 5.66. The minimum Gasteiger partial charge on any atom is -0.353 e. The number of pyridine rings is 1. The van der Waals surface area contributed by atoms with E-state index in [0.29, 0.717) is 6.42 Å². The molecule has 33 heavy (non-hydrogen) atoms. The average molecular weight is 434 g/mol. The van der Waals surface area contributed by atoms with Crippen molar-refractivity contribution >= 4 is 33.4 Å². The van der Waals surface area contributed by atoms with Crippen molar-refractivity contribution in [3.8, 4) is 11.4 Å². The number of nitrogens with one attached hydrogen (secondary N) is 2. The Morgan fingerprint density at radius 3 is 2.64 bits per heavy atom. The van der Waals surface area contributed by atoms with Crippen LogP contribution in [0.4, 0.5) is 5.69 Å². The number of H-pyrrole nitrogens is 1. The quantitative estimate of drug-likeness (QED) is 0.304. The van der Waals surface area contributed by atoms with Gasteiger partial charge in [0.05, 0.1) is 16.9 Å². The summed E-state index contributed by atoms with van der Waals surface area (Å²) in [6.45, 7) is 4.10. The van der Waals surface area contributed by atoms with E-state index in [-0.39, 0.29) is 5.91 Å². The maximum absolute atomic E-state index is 12.6. The molecule has 0 atom stereocenters. The molecule has 5 aromatic rings. The molecule has 2 aromatic heterocycles. The standard InChI is InChI=1S/C29H27N3O/c1-19-9-7-15-24(20(19)2)31-28(33)16-8-12-23-22-11-4-6-14-26(22)32-29(23)27-18-17-21-10-3-5-13-25(21)30-27/h3-7,9-11,13-15,17-18,32H,8,12,16H2,1-2H3,(H,31,33). The van der Waals surface area contributed by atoms with Gasteiger partial charge in [0, 0.05) is 28.4 Å². The van der Waals surface area contributed by atoms with Crippen LogP contribution in [0.5, 0.6) is 0 Å². The minimum absolute atomic E-state index is 0.0499. The van der Waals surface area contributed by atoms with E-state index in [1.807, 2.05) is 43.3 Å². The van der Waals surface area contributed by atoms with Gasteiger partial charge in [-0.15, -0.1) is 0 Å². The summed E-state index contributed by atoms with van der Waals surface area (Å²) in [6.07, 6.45) is 2.03. The lowest BCUT2D eigenvalue weighted by atomic mass is 10.0. The normalized spacial score (nSPS) is 11.2. The van der Waals surface area contributed by atoms with Crippen LogP contribution >= 0.6 is 0 Å². The van der Waals surface area contributed by atoms with Crippen LogP contribution in [0.15, 0.2) is 78.9 Å². The van der Waals surface area contributed by atoms with Crippen molar-refractivity contribution in [2.45, 2.75) is 33.1 Å². The van der Waals surface area contributed by atoms with Crippen LogP contribution in [0.3, 0.4) is 0 Å². The van der Waals surface area contributed by atoms with Gasteiger partial charge < -0.3 is 10.3 Å². The first-order chi connectivity index (χ1) is 16.1. The maximum Gasteiger partial charge on any atom is 0.224 e. The van der Waals surface area contributed by atoms with E-state index in [0.717, 1.165) is 51.9 Å². The lowest BCUT2D eigenvalue weighted by Gasteiger charge is -2.10. The lowest BCUT2D eigenvalue weighted by Crippen LogP contribution is -2.12. The first-order valence-electron chi connectivity index (χ1n) is 11.4.